The first-order valence-electron chi connectivity index (χ1n) is 18.9. The van der Waals surface area contributed by atoms with E-state index in [0.717, 1.165) is 0 Å². The van der Waals surface area contributed by atoms with Crippen LogP contribution in [-0.2, 0) is 85.5 Å². The van der Waals surface area contributed by atoms with Crippen molar-refractivity contribution in [2.24, 2.45) is 0 Å². The Bertz CT molecular complexity index is 1150. The molecule has 0 atom stereocenters. The number of benzene rings is 1. The zero-order valence-corrected chi connectivity index (χ0v) is 33.7. The molecule has 0 heterocycles. The highest BCUT2D eigenvalue weighted by Gasteiger charge is 2.13. The van der Waals surface area contributed by atoms with Crippen LogP contribution in [0.15, 0.2) is 35.2 Å². The van der Waals surface area contributed by atoms with Crippen molar-refractivity contribution in [2.45, 2.75) is 4.90 Å². The summed E-state index contributed by atoms with van der Waals surface area (Å²) in [5.74, 6) is -1.53. The smallest absolute Gasteiger partial charge is 0.329 e. The van der Waals surface area contributed by atoms with E-state index in [2.05, 4.69) is 10.1 Å². The van der Waals surface area contributed by atoms with E-state index >= 15 is 0 Å². The fraction of sp³-hybridized carbons (Fsp3) is 0.778. The Labute approximate surface area is 335 Å². The molecule has 0 bridgehead atoms. The topological polar surface area (TPSA) is 230 Å². The summed E-state index contributed by atoms with van der Waals surface area (Å²) in [5, 5.41) is 11.0. The molecule has 332 valence electrons. The van der Waals surface area contributed by atoms with Gasteiger partial charge >= 0.3 is 5.97 Å². The Balaban J connectivity index is 1.65. The van der Waals surface area contributed by atoms with Crippen molar-refractivity contribution in [3.05, 3.63) is 30.3 Å². The normalized spacial score (nSPS) is 11.6. The summed E-state index contributed by atoms with van der Waals surface area (Å²) in [4.78, 5) is 21.8. The fourth-order valence-corrected chi connectivity index (χ4v) is 4.84. The van der Waals surface area contributed by atoms with Gasteiger partial charge in [-0.2, -0.15) is 8.42 Å². The molecule has 20 nitrogen and oxygen atoms in total. The Morgan fingerprint density at radius 3 is 1.04 bits per heavy atom. The highest BCUT2D eigenvalue weighted by molar-refractivity contribution is 7.86. The van der Waals surface area contributed by atoms with E-state index in [1.54, 1.807) is 18.2 Å². The average Bonchev–Trinajstić information content (AvgIpc) is 3.20. The molecule has 2 N–H and O–H groups in total. The molecule has 1 aromatic carbocycles. The number of ether oxygens (including phenoxy) is 13. The minimum Gasteiger partial charge on any atom is -0.480 e. The summed E-state index contributed by atoms with van der Waals surface area (Å²) >= 11 is 0. The molecule has 1 rings (SSSR count). The number of rotatable bonds is 45. The van der Waals surface area contributed by atoms with E-state index in [1.807, 2.05) is 0 Å². The molecule has 0 fully saturated rings. The van der Waals surface area contributed by atoms with Crippen molar-refractivity contribution in [2.75, 3.05) is 185 Å². The molecule has 57 heavy (non-hydrogen) atoms. The Morgan fingerprint density at radius 2 is 0.719 bits per heavy atom. The maximum atomic E-state index is 12.0. The standard InChI is InChI=1S/C36H63NO19S/c38-35(32-55-33-36(39)40)37-6-7-43-8-9-44-10-11-45-12-13-46-14-15-47-16-17-48-18-19-49-20-21-50-22-23-51-24-25-52-26-27-53-28-29-54-30-31-56-57(41,42)34-4-2-1-3-5-34/h1-5H,6-33H2,(H,37,38)(H,39,40). The minimum absolute atomic E-state index is 0.0690. The van der Waals surface area contributed by atoms with Gasteiger partial charge in [0.2, 0.25) is 5.91 Å². The Kier molecular flexibility index (Phi) is 37.2. The second-order valence-electron chi connectivity index (χ2n) is 11.2. The van der Waals surface area contributed by atoms with Crippen LogP contribution in [0, 0.1) is 0 Å². The highest BCUT2D eigenvalue weighted by Crippen LogP contribution is 2.10. The predicted molar refractivity (Wildman–Crippen MR) is 201 cm³/mol. The summed E-state index contributed by atoms with van der Waals surface area (Å²) in [7, 11) is -3.77. The number of carboxylic acids is 1. The van der Waals surface area contributed by atoms with Crippen molar-refractivity contribution in [3.8, 4) is 0 Å². The SMILES string of the molecule is O=C(O)COCC(=O)NCCOCCOCCOCCOCCOCCOCCOCCOCCOCCOCCOCCOCCOS(=O)(=O)c1ccccc1. The monoisotopic (exact) mass is 845 g/mol. The first kappa shape index (κ1) is 52.6. The number of hydrogen-bond donors (Lipinski definition) is 2. The zero-order valence-electron chi connectivity index (χ0n) is 32.9. The molecule has 1 amide bonds. The van der Waals surface area contributed by atoms with Crippen molar-refractivity contribution in [3.63, 3.8) is 0 Å². The van der Waals surface area contributed by atoms with Gasteiger partial charge in [-0.3, -0.25) is 8.98 Å². The molecule has 0 saturated heterocycles. The van der Waals surface area contributed by atoms with Crippen LogP contribution >= 0.6 is 0 Å². The number of carbonyl (C=O) groups excluding carboxylic acids is 1. The molecule has 0 aromatic heterocycles. The van der Waals surface area contributed by atoms with Crippen molar-refractivity contribution >= 4 is 22.0 Å². The Hall–Kier alpha value is -2.45. The number of amides is 1. The maximum absolute atomic E-state index is 12.0. The van der Waals surface area contributed by atoms with Gasteiger partial charge in [0, 0.05) is 6.54 Å². The van der Waals surface area contributed by atoms with Crippen LogP contribution in [0.1, 0.15) is 0 Å². The lowest BCUT2D eigenvalue weighted by Crippen LogP contribution is -2.31. The van der Waals surface area contributed by atoms with Crippen LogP contribution in [0.3, 0.4) is 0 Å². The minimum atomic E-state index is -3.77. The molecule has 0 aliphatic rings. The van der Waals surface area contributed by atoms with Crippen molar-refractivity contribution in [1.29, 1.82) is 0 Å². The summed E-state index contributed by atoms with van der Waals surface area (Å²) in [6.07, 6.45) is 0. The molecule has 0 spiro atoms. The number of carboxylic acid groups (broad SMARTS) is 1. The van der Waals surface area contributed by atoms with Gasteiger partial charge in [-0.05, 0) is 12.1 Å². The average molecular weight is 846 g/mol. The van der Waals surface area contributed by atoms with Crippen LogP contribution < -0.4 is 5.32 Å². The van der Waals surface area contributed by atoms with Gasteiger partial charge < -0.3 is 72.0 Å². The van der Waals surface area contributed by atoms with Gasteiger partial charge in [-0.15, -0.1) is 0 Å². The van der Waals surface area contributed by atoms with E-state index < -0.39 is 28.6 Å². The van der Waals surface area contributed by atoms with Crippen molar-refractivity contribution < 1.29 is 88.9 Å². The molecular formula is C36H63NO19S. The lowest BCUT2D eigenvalue weighted by atomic mass is 10.4. The zero-order chi connectivity index (χ0) is 41.2. The fourth-order valence-electron chi connectivity index (χ4n) is 3.92. The molecule has 0 radical (unpaired) electrons. The third-order valence-electron chi connectivity index (χ3n) is 6.62. The number of nitrogens with one attached hydrogen (secondary N) is 1. The van der Waals surface area contributed by atoms with Gasteiger partial charge in [0.25, 0.3) is 10.1 Å². The molecular weight excluding hydrogens is 782 g/mol. The summed E-state index contributed by atoms with van der Waals surface area (Å²) in [6, 6.07) is 7.95. The second kappa shape index (κ2) is 40.3. The summed E-state index contributed by atoms with van der Waals surface area (Å²) in [6.45, 7) is 9.34. The summed E-state index contributed by atoms with van der Waals surface area (Å²) in [5.41, 5.74) is 0. The van der Waals surface area contributed by atoms with Crippen LogP contribution in [0.2, 0.25) is 0 Å². The van der Waals surface area contributed by atoms with Crippen molar-refractivity contribution in [1.82, 2.24) is 5.32 Å². The van der Waals surface area contributed by atoms with Crippen LogP contribution in [0.4, 0.5) is 0 Å². The van der Waals surface area contributed by atoms with E-state index in [0.29, 0.717) is 159 Å². The van der Waals surface area contributed by atoms with Gasteiger partial charge in [0.1, 0.15) is 13.2 Å². The molecule has 0 saturated carbocycles. The van der Waals surface area contributed by atoms with E-state index in [1.165, 1.54) is 12.1 Å². The van der Waals surface area contributed by atoms with E-state index in [-0.39, 0.29) is 24.7 Å². The molecule has 1 aromatic rings. The number of hydrogen-bond acceptors (Lipinski definition) is 18. The number of carbonyl (C=O) groups is 2. The third-order valence-corrected chi connectivity index (χ3v) is 7.94. The lowest BCUT2D eigenvalue weighted by Gasteiger charge is -2.09. The number of aliphatic carboxylic acids is 1. The van der Waals surface area contributed by atoms with Gasteiger partial charge in [0.05, 0.1) is 170 Å². The lowest BCUT2D eigenvalue weighted by molar-refractivity contribution is -0.143. The van der Waals surface area contributed by atoms with Crippen LogP contribution in [0.5, 0.6) is 0 Å². The van der Waals surface area contributed by atoms with E-state index in [4.69, 9.17) is 66.1 Å². The first-order valence-corrected chi connectivity index (χ1v) is 20.3. The maximum Gasteiger partial charge on any atom is 0.329 e. The summed E-state index contributed by atoms with van der Waals surface area (Å²) < 4.78 is 98.7. The molecule has 21 heteroatoms. The molecule has 0 aliphatic heterocycles. The predicted octanol–water partition coefficient (Wildman–Crippen LogP) is -0.191. The van der Waals surface area contributed by atoms with Gasteiger partial charge in [-0.1, -0.05) is 18.2 Å². The Morgan fingerprint density at radius 1 is 0.421 bits per heavy atom. The van der Waals surface area contributed by atoms with Gasteiger partial charge in [-0.25, -0.2) is 4.79 Å². The van der Waals surface area contributed by atoms with Gasteiger partial charge in [0.15, 0.2) is 0 Å². The van der Waals surface area contributed by atoms with Crippen LogP contribution in [0.25, 0.3) is 0 Å². The first-order chi connectivity index (χ1) is 27.9. The quantitative estimate of drug-likeness (QED) is 0.0640. The third kappa shape index (κ3) is 37.6. The van der Waals surface area contributed by atoms with E-state index in [9.17, 15) is 18.0 Å². The molecule has 0 unspecified atom stereocenters. The second-order valence-corrected chi connectivity index (χ2v) is 12.8. The molecule has 0 aliphatic carbocycles. The largest absolute Gasteiger partial charge is 0.480 e. The van der Waals surface area contributed by atoms with Crippen LogP contribution in [-0.4, -0.2) is 210 Å². The highest BCUT2D eigenvalue weighted by atomic mass is 32.2.